The van der Waals surface area contributed by atoms with E-state index in [4.69, 9.17) is 14.2 Å². The molecule has 0 radical (unpaired) electrons. The van der Waals surface area contributed by atoms with Crippen LogP contribution in [0.3, 0.4) is 0 Å². The second-order valence-electron chi connectivity index (χ2n) is 4.40. The minimum absolute atomic E-state index is 0.476. The first-order chi connectivity index (χ1) is 10.3. The van der Waals surface area contributed by atoms with Gasteiger partial charge in [-0.2, -0.15) is 0 Å². The molecule has 0 amide bonds. The van der Waals surface area contributed by atoms with E-state index in [0.29, 0.717) is 32.3 Å². The highest BCUT2D eigenvalue weighted by molar-refractivity contribution is 5.61. The monoisotopic (exact) mass is 291 g/mol. The lowest BCUT2D eigenvalue weighted by molar-refractivity contribution is 0.0361. The molecular weight excluding hydrogens is 266 g/mol. The van der Waals surface area contributed by atoms with Gasteiger partial charge in [0.1, 0.15) is 6.61 Å². The van der Waals surface area contributed by atoms with E-state index in [1.54, 1.807) is 6.08 Å². The molecule has 0 aliphatic carbocycles. The van der Waals surface area contributed by atoms with E-state index in [1.165, 1.54) is 0 Å². The van der Waals surface area contributed by atoms with E-state index in [2.05, 4.69) is 18.5 Å². The molecule has 116 valence electrons. The lowest BCUT2D eigenvalue weighted by Gasteiger charge is -2.08. The quantitative estimate of drug-likeness (QED) is 0.584. The molecule has 0 atom stereocenters. The summed E-state index contributed by atoms with van der Waals surface area (Å²) in [5, 5.41) is 0. The smallest absolute Gasteiger partial charge is 0.213 e. The van der Waals surface area contributed by atoms with Gasteiger partial charge >= 0.3 is 0 Å². The molecule has 0 aliphatic rings. The molecule has 0 bridgehead atoms. The van der Waals surface area contributed by atoms with Crippen LogP contribution in [-0.4, -0.2) is 38.0 Å². The van der Waals surface area contributed by atoms with Crippen molar-refractivity contribution in [2.45, 2.75) is 20.3 Å². The van der Waals surface area contributed by atoms with Crippen LogP contribution in [-0.2, 0) is 9.47 Å². The number of allylic oxidation sites excluding steroid dienone is 1. The predicted molar refractivity (Wildman–Crippen MR) is 86.5 cm³/mol. The highest BCUT2D eigenvalue weighted by Crippen LogP contribution is 2.15. The number of aromatic nitrogens is 1. The van der Waals surface area contributed by atoms with Gasteiger partial charge in [0.05, 0.1) is 25.5 Å². The third-order valence-electron chi connectivity index (χ3n) is 2.67. The van der Waals surface area contributed by atoms with Crippen molar-refractivity contribution < 1.29 is 14.2 Å². The third-order valence-corrected chi connectivity index (χ3v) is 2.67. The molecule has 0 N–H and O–H groups in total. The second kappa shape index (κ2) is 11.1. The highest BCUT2D eigenvalue weighted by Gasteiger charge is 2.01. The van der Waals surface area contributed by atoms with Gasteiger partial charge in [-0.1, -0.05) is 25.7 Å². The van der Waals surface area contributed by atoms with Crippen LogP contribution >= 0.6 is 0 Å². The average Bonchev–Trinajstić information content (AvgIpc) is 2.50. The van der Waals surface area contributed by atoms with Crippen LogP contribution in [0.15, 0.2) is 24.8 Å². The van der Waals surface area contributed by atoms with Crippen molar-refractivity contribution in [1.29, 1.82) is 0 Å². The molecule has 4 heteroatoms. The Labute approximate surface area is 127 Å². The van der Waals surface area contributed by atoms with Gasteiger partial charge < -0.3 is 14.2 Å². The number of nitrogens with zero attached hydrogens (tertiary/aromatic N) is 1. The first-order valence-corrected chi connectivity index (χ1v) is 7.36. The van der Waals surface area contributed by atoms with Crippen molar-refractivity contribution in [3.63, 3.8) is 0 Å². The standard InChI is InChI=1S/C17H25NO3/c1-4-7-16-15(6-3)8-9-17(18-16)21-14-13-20-12-11-19-10-5-2/h4,6-9H,3,5,10-14H2,1-2H3/b7-4-. The second-order valence-corrected chi connectivity index (χ2v) is 4.40. The van der Waals surface area contributed by atoms with Crippen molar-refractivity contribution >= 4 is 12.2 Å². The summed E-state index contributed by atoms with van der Waals surface area (Å²) >= 11 is 0. The van der Waals surface area contributed by atoms with Crippen molar-refractivity contribution in [2.75, 3.05) is 33.0 Å². The number of hydrogen-bond acceptors (Lipinski definition) is 4. The maximum Gasteiger partial charge on any atom is 0.213 e. The zero-order valence-electron chi connectivity index (χ0n) is 13.0. The first-order valence-electron chi connectivity index (χ1n) is 7.36. The van der Waals surface area contributed by atoms with Gasteiger partial charge in [0.2, 0.25) is 5.88 Å². The lowest BCUT2D eigenvalue weighted by atomic mass is 10.2. The van der Waals surface area contributed by atoms with Crippen molar-refractivity contribution in [2.24, 2.45) is 0 Å². The van der Waals surface area contributed by atoms with E-state index in [1.807, 2.05) is 31.2 Å². The molecule has 0 unspecified atom stereocenters. The molecule has 21 heavy (non-hydrogen) atoms. The van der Waals surface area contributed by atoms with Gasteiger partial charge in [0.15, 0.2) is 0 Å². The van der Waals surface area contributed by atoms with Crippen LogP contribution in [0.1, 0.15) is 31.5 Å². The van der Waals surface area contributed by atoms with Crippen LogP contribution in [0.25, 0.3) is 12.2 Å². The molecule has 4 nitrogen and oxygen atoms in total. The highest BCUT2D eigenvalue weighted by atomic mass is 16.5. The van der Waals surface area contributed by atoms with Crippen molar-refractivity contribution in [3.05, 3.63) is 36.0 Å². The molecule has 0 saturated carbocycles. The van der Waals surface area contributed by atoms with E-state index >= 15 is 0 Å². The normalized spacial score (nSPS) is 11.0. The largest absolute Gasteiger partial charge is 0.475 e. The summed E-state index contributed by atoms with van der Waals surface area (Å²) in [6.07, 6.45) is 6.69. The van der Waals surface area contributed by atoms with Gasteiger partial charge in [0, 0.05) is 12.7 Å². The van der Waals surface area contributed by atoms with Crippen LogP contribution in [0.4, 0.5) is 0 Å². The molecule has 0 spiro atoms. The van der Waals surface area contributed by atoms with E-state index in [-0.39, 0.29) is 0 Å². The van der Waals surface area contributed by atoms with Gasteiger partial charge in [-0.3, -0.25) is 0 Å². The van der Waals surface area contributed by atoms with Gasteiger partial charge in [-0.25, -0.2) is 4.98 Å². The summed E-state index contributed by atoms with van der Waals surface area (Å²) in [4.78, 5) is 4.43. The van der Waals surface area contributed by atoms with Crippen LogP contribution in [0.2, 0.25) is 0 Å². The van der Waals surface area contributed by atoms with Crippen LogP contribution < -0.4 is 4.74 Å². The Hall–Kier alpha value is -1.65. The number of hydrogen-bond donors (Lipinski definition) is 0. The summed E-state index contributed by atoms with van der Waals surface area (Å²) in [5.41, 5.74) is 1.85. The fourth-order valence-electron chi connectivity index (χ4n) is 1.68. The summed E-state index contributed by atoms with van der Waals surface area (Å²) in [7, 11) is 0. The summed E-state index contributed by atoms with van der Waals surface area (Å²) in [6, 6.07) is 3.79. The molecule has 0 fully saturated rings. The van der Waals surface area contributed by atoms with Crippen LogP contribution in [0.5, 0.6) is 5.88 Å². The lowest BCUT2D eigenvalue weighted by Crippen LogP contribution is -2.11. The maximum absolute atomic E-state index is 5.58. The molecule has 1 heterocycles. The van der Waals surface area contributed by atoms with Gasteiger partial charge in [0.25, 0.3) is 0 Å². The Morgan fingerprint density at radius 1 is 1.10 bits per heavy atom. The Bertz CT molecular complexity index is 444. The number of rotatable bonds is 11. The molecule has 0 aromatic carbocycles. The average molecular weight is 291 g/mol. The molecular formula is C17H25NO3. The molecule has 1 aromatic rings. The third kappa shape index (κ3) is 7.06. The van der Waals surface area contributed by atoms with Gasteiger partial charge in [-0.15, -0.1) is 0 Å². The molecule has 0 saturated heterocycles. The molecule has 1 aromatic heterocycles. The fraction of sp³-hybridized carbons (Fsp3) is 0.471. The zero-order chi connectivity index (χ0) is 15.3. The van der Waals surface area contributed by atoms with E-state index in [0.717, 1.165) is 24.3 Å². The summed E-state index contributed by atoms with van der Waals surface area (Å²) in [6.45, 7) is 10.8. The fourth-order valence-corrected chi connectivity index (χ4v) is 1.68. The van der Waals surface area contributed by atoms with E-state index in [9.17, 15) is 0 Å². The van der Waals surface area contributed by atoms with Gasteiger partial charge in [-0.05, 0) is 31.1 Å². The Balaban J connectivity index is 2.29. The maximum atomic E-state index is 5.58. The molecule has 0 aliphatic heterocycles. The predicted octanol–water partition coefficient (Wildman–Crippen LogP) is 3.58. The SMILES string of the molecule is C=Cc1ccc(OCCOCCOCCC)nc1/C=C\C. The Morgan fingerprint density at radius 3 is 2.48 bits per heavy atom. The van der Waals surface area contributed by atoms with Crippen molar-refractivity contribution in [1.82, 2.24) is 4.98 Å². The van der Waals surface area contributed by atoms with E-state index < -0.39 is 0 Å². The minimum atomic E-state index is 0.476. The Kier molecular flexibility index (Phi) is 9.16. The summed E-state index contributed by atoms with van der Waals surface area (Å²) in [5.74, 6) is 0.597. The van der Waals surface area contributed by atoms with Crippen molar-refractivity contribution in [3.8, 4) is 5.88 Å². The zero-order valence-corrected chi connectivity index (χ0v) is 13.0. The first kappa shape index (κ1) is 17.4. The Morgan fingerprint density at radius 2 is 1.81 bits per heavy atom. The molecule has 1 rings (SSSR count). The minimum Gasteiger partial charge on any atom is -0.475 e. The summed E-state index contributed by atoms with van der Waals surface area (Å²) < 4.78 is 16.3. The van der Waals surface area contributed by atoms with Crippen LogP contribution in [0, 0.1) is 0 Å². The number of ether oxygens (including phenoxy) is 3. The number of pyridine rings is 1. The topological polar surface area (TPSA) is 40.6 Å².